The van der Waals surface area contributed by atoms with E-state index in [1.165, 1.54) is 12.3 Å². The van der Waals surface area contributed by atoms with Crippen LogP contribution in [0, 0.1) is 11.3 Å². The monoisotopic (exact) mass is 545 g/mol. The van der Waals surface area contributed by atoms with Crippen LogP contribution >= 0.6 is 0 Å². The summed E-state index contributed by atoms with van der Waals surface area (Å²) in [7, 11) is 0. The number of nitrogens with two attached hydrogens (primary N) is 1. The van der Waals surface area contributed by atoms with E-state index < -0.39 is 17.9 Å². The van der Waals surface area contributed by atoms with Crippen LogP contribution in [0.5, 0.6) is 0 Å². The largest absolute Gasteiger partial charge is 0.433 e. The van der Waals surface area contributed by atoms with Crippen molar-refractivity contribution in [3.05, 3.63) is 65.5 Å². The van der Waals surface area contributed by atoms with Gasteiger partial charge in [-0.1, -0.05) is 57.2 Å². The number of piperazine rings is 1. The lowest BCUT2D eigenvalue weighted by molar-refractivity contribution is -0.141. The fraction of sp³-hybridized carbons (Fsp3) is 0.552. The van der Waals surface area contributed by atoms with E-state index in [2.05, 4.69) is 30.7 Å². The normalized spacial score (nSPS) is 20.6. The number of aromatic nitrogens is 1. The molecular weight excluding hydrogens is 507 g/mol. The van der Waals surface area contributed by atoms with Crippen LogP contribution < -0.4 is 5.73 Å². The average molecular weight is 546 g/mol. The second-order valence-corrected chi connectivity index (χ2v) is 11.7. The van der Waals surface area contributed by atoms with Crippen LogP contribution in [-0.4, -0.2) is 70.4 Å². The summed E-state index contributed by atoms with van der Waals surface area (Å²) in [5, 5.41) is 0. The molecule has 3 amide bonds. The van der Waals surface area contributed by atoms with Crippen molar-refractivity contribution in [1.29, 1.82) is 0 Å². The van der Waals surface area contributed by atoms with Crippen molar-refractivity contribution >= 4 is 11.9 Å². The second kappa shape index (κ2) is 11.5. The van der Waals surface area contributed by atoms with E-state index in [0.29, 0.717) is 44.7 Å². The van der Waals surface area contributed by atoms with Gasteiger partial charge in [0, 0.05) is 51.4 Å². The van der Waals surface area contributed by atoms with Crippen LogP contribution in [0.1, 0.15) is 62.9 Å². The first kappa shape index (κ1) is 28.9. The smallest absolute Gasteiger partial charge is 0.351 e. The molecule has 39 heavy (non-hydrogen) atoms. The Bertz CT molecular complexity index is 1130. The third-order valence-electron chi connectivity index (χ3n) is 7.99. The van der Waals surface area contributed by atoms with Crippen molar-refractivity contribution < 1.29 is 22.8 Å². The summed E-state index contributed by atoms with van der Waals surface area (Å²) in [5.41, 5.74) is 5.91. The van der Waals surface area contributed by atoms with Crippen molar-refractivity contribution in [2.75, 3.05) is 32.7 Å². The van der Waals surface area contributed by atoms with Gasteiger partial charge in [-0.3, -0.25) is 14.7 Å². The number of alkyl halides is 3. The zero-order valence-electron chi connectivity index (χ0n) is 22.8. The van der Waals surface area contributed by atoms with E-state index in [1.807, 2.05) is 35.2 Å². The lowest BCUT2D eigenvalue weighted by Crippen LogP contribution is -2.60. The predicted octanol–water partition coefficient (Wildman–Crippen LogP) is 4.93. The van der Waals surface area contributed by atoms with Gasteiger partial charge >= 0.3 is 12.2 Å². The molecule has 0 bridgehead atoms. The van der Waals surface area contributed by atoms with Crippen LogP contribution in [0.3, 0.4) is 0 Å². The summed E-state index contributed by atoms with van der Waals surface area (Å²) < 4.78 is 39.6. The van der Waals surface area contributed by atoms with Gasteiger partial charge in [0.25, 0.3) is 0 Å². The number of benzene rings is 1. The Hall–Kier alpha value is -3.14. The third-order valence-corrected chi connectivity index (χ3v) is 7.99. The van der Waals surface area contributed by atoms with Gasteiger partial charge < -0.3 is 15.5 Å². The standard InChI is InChI=1S/C29H38F3N5O2/c1-28(2,3)24-19-36(15-16-37(24)25(38)17-20-11-13-35(14-12-20)27(33)39)26(21-7-5-4-6-8-21)22-9-10-23(34-18-22)29(30,31)32/h4-10,18,20,24,26H,11-17,19H2,1-3H3,(H2,33,39)/t24-,26?/m1/s1. The van der Waals surface area contributed by atoms with Crippen molar-refractivity contribution in [2.45, 2.75) is 58.3 Å². The molecule has 7 nitrogen and oxygen atoms in total. The molecule has 2 aromatic rings. The van der Waals surface area contributed by atoms with E-state index in [9.17, 15) is 22.8 Å². The molecular formula is C29H38F3N5O2. The summed E-state index contributed by atoms with van der Waals surface area (Å²) in [5.74, 6) is 0.321. The number of urea groups is 1. The number of primary amides is 1. The zero-order valence-corrected chi connectivity index (χ0v) is 22.8. The third kappa shape index (κ3) is 6.90. The van der Waals surface area contributed by atoms with Crippen LogP contribution in [-0.2, 0) is 11.0 Å². The summed E-state index contributed by atoms with van der Waals surface area (Å²) in [6, 6.07) is 11.5. The molecule has 2 atom stereocenters. The quantitative estimate of drug-likeness (QED) is 0.578. The molecule has 1 unspecified atom stereocenters. The molecule has 1 aromatic heterocycles. The van der Waals surface area contributed by atoms with Crippen LogP contribution in [0.2, 0.25) is 0 Å². The van der Waals surface area contributed by atoms with E-state index in [1.54, 1.807) is 4.90 Å². The van der Waals surface area contributed by atoms with Crippen LogP contribution in [0.15, 0.2) is 48.7 Å². The van der Waals surface area contributed by atoms with Gasteiger partial charge in [-0.25, -0.2) is 4.79 Å². The first-order valence-electron chi connectivity index (χ1n) is 13.5. The Balaban J connectivity index is 1.54. The highest BCUT2D eigenvalue weighted by Crippen LogP contribution is 2.36. The Labute approximate surface area is 228 Å². The van der Waals surface area contributed by atoms with Gasteiger partial charge in [0.05, 0.1) is 6.04 Å². The fourth-order valence-corrected chi connectivity index (χ4v) is 5.78. The highest BCUT2D eigenvalue weighted by atomic mass is 19.4. The predicted molar refractivity (Wildman–Crippen MR) is 143 cm³/mol. The summed E-state index contributed by atoms with van der Waals surface area (Å²) >= 11 is 0. The van der Waals surface area contributed by atoms with Gasteiger partial charge in [0.15, 0.2) is 0 Å². The fourth-order valence-electron chi connectivity index (χ4n) is 5.78. The van der Waals surface area contributed by atoms with E-state index >= 15 is 0 Å². The maximum absolute atomic E-state index is 13.6. The molecule has 1 aromatic carbocycles. The summed E-state index contributed by atoms with van der Waals surface area (Å²) in [6.45, 7) is 9.18. The van der Waals surface area contributed by atoms with Gasteiger partial charge in [-0.15, -0.1) is 0 Å². The van der Waals surface area contributed by atoms with Gasteiger partial charge in [0.1, 0.15) is 5.69 Å². The Morgan fingerprint density at radius 1 is 0.974 bits per heavy atom. The van der Waals surface area contributed by atoms with Crippen molar-refractivity contribution in [3.8, 4) is 0 Å². The molecule has 2 aliphatic heterocycles. The molecule has 10 heteroatoms. The number of piperidine rings is 1. The number of pyridine rings is 1. The molecule has 3 heterocycles. The Kier molecular flexibility index (Phi) is 8.54. The number of halogens is 3. The number of carbonyl (C=O) groups excluding carboxylic acids is 2. The van der Waals surface area contributed by atoms with E-state index in [4.69, 9.17) is 5.73 Å². The van der Waals surface area contributed by atoms with Crippen molar-refractivity contribution in [2.24, 2.45) is 17.1 Å². The summed E-state index contributed by atoms with van der Waals surface area (Å²) in [6.07, 6.45) is -1.23. The number of hydrogen-bond acceptors (Lipinski definition) is 4. The summed E-state index contributed by atoms with van der Waals surface area (Å²) in [4.78, 5) is 34.6. The lowest BCUT2D eigenvalue weighted by atomic mass is 9.82. The molecule has 4 rings (SSSR count). The minimum Gasteiger partial charge on any atom is -0.351 e. The molecule has 0 aliphatic carbocycles. The number of amides is 3. The lowest BCUT2D eigenvalue weighted by Gasteiger charge is -2.49. The molecule has 0 radical (unpaired) electrons. The van der Waals surface area contributed by atoms with E-state index in [-0.39, 0.29) is 29.3 Å². The molecule has 2 N–H and O–H groups in total. The topological polar surface area (TPSA) is 82.8 Å². The van der Waals surface area contributed by atoms with Gasteiger partial charge in [-0.2, -0.15) is 13.2 Å². The number of nitrogens with zero attached hydrogens (tertiary/aromatic N) is 4. The molecule has 212 valence electrons. The van der Waals surface area contributed by atoms with Crippen molar-refractivity contribution in [1.82, 2.24) is 19.7 Å². The maximum atomic E-state index is 13.6. The molecule has 2 saturated heterocycles. The average Bonchev–Trinajstić information content (AvgIpc) is 2.89. The number of rotatable bonds is 5. The number of likely N-dealkylation sites (tertiary alicyclic amines) is 1. The second-order valence-electron chi connectivity index (χ2n) is 11.7. The molecule has 2 fully saturated rings. The first-order valence-corrected chi connectivity index (χ1v) is 13.5. The SMILES string of the molecule is CC(C)(C)[C@H]1CN(C(c2ccccc2)c2ccc(C(F)(F)F)nc2)CCN1C(=O)CC1CCN(C(N)=O)CC1. The Morgan fingerprint density at radius 3 is 2.18 bits per heavy atom. The van der Waals surface area contributed by atoms with Gasteiger partial charge in [-0.05, 0) is 41.4 Å². The number of carbonyl (C=O) groups is 2. The Morgan fingerprint density at radius 2 is 1.64 bits per heavy atom. The van der Waals surface area contributed by atoms with E-state index in [0.717, 1.165) is 24.5 Å². The molecule has 2 aliphatic rings. The maximum Gasteiger partial charge on any atom is 0.433 e. The first-order chi connectivity index (χ1) is 18.3. The molecule has 0 spiro atoms. The van der Waals surface area contributed by atoms with Gasteiger partial charge in [0.2, 0.25) is 5.91 Å². The zero-order chi connectivity index (χ0) is 28.4. The van der Waals surface area contributed by atoms with Crippen LogP contribution in [0.25, 0.3) is 0 Å². The van der Waals surface area contributed by atoms with Crippen LogP contribution in [0.4, 0.5) is 18.0 Å². The van der Waals surface area contributed by atoms with Crippen molar-refractivity contribution in [3.63, 3.8) is 0 Å². The minimum absolute atomic E-state index is 0.0851. The minimum atomic E-state index is -4.50. The number of hydrogen-bond donors (Lipinski definition) is 1. The highest BCUT2D eigenvalue weighted by Gasteiger charge is 2.41. The highest BCUT2D eigenvalue weighted by molar-refractivity contribution is 5.77. The molecule has 0 saturated carbocycles.